The summed E-state index contributed by atoms with van der Waals surface area (Å²) >= 11 is 0. The summed E-state index contributed by atoms with van der Waals surface area (Å²) in [5, 5.41) is 4.99. The highest BCUT2D eigenvalue weighted by molar-refractivity contribution is 5.99. The molecule has 3 aromatic rings. The van der Waals surface area contributed by atoms with Gasteiger partial charge in [0.2, 0.25) is 0 Å². The second-order valence-corrected chi connectivity index (χ2v) is 9.20. The number of nitrogens with one attached hydrogen (secondary N) is 2. The zero-order chi connectivity index (χ0) is 28.5. The van der Waals surface area contributed by atoms with E-state index in [9.17, 15) is 31.5 Å². The summed E-state index contributed by atoms with van der Waals surface area (Å²) in [5.41, 5.74) is -1.26. The number of halogens is 5. The molecular weight excluding hydrogens is 521 g/mol. The number of urea groups is 1. The Morgan fingerprint density at radius 2 is 1.64 bits per heavy atom. The second-order valence-electron chi connectivity index (χ2n) is 9.20. The molecule has 39 heavy (non-hydrogen) atoms. The Balaban J connectivity index is 1.61. The average Bonchev–Trinajstić information content (AvgIpc) is 2.87. The number of nitrogens with zero attached hydrogens (tertiary/aromatic N) is 1. The maximum atomic E-state index is 14.9. The number of amides is 3. The molecule has 0 spiro atoms. The molecule has 3 amide bonds. The van der Waals surface area contributed by atoms with E-state index < -0.39 is 58.7 Å². The number of hydrogen-bond donors (Lipinski definition) is 2. The number of rotatable bonds is 8. The molecule has 1 atom stereocenters. The monoisotopic (exact) mass is 545 g/mol. The van der Waals surface area contributed by atoms with Crippen LogP contribution in [0.15, 0.2) is 55.1 Å². The van der Waals surface area contributed by atoms with Gasteiger partial charge in [-0.3, -0.25) is 4.79 Å². The Morgan fingerprint density at radius 3 is 2.26 bits per heavy atom. The van der Waals surface area contributed by atoms with E-state index in [1.807, 2.05) is 0 Å². The number of carbonyl (C=O) groups excluding carboxylic acids is 2. The second kappa shape index (κ2) is 10.8. The number of fused-ring (bicyclic) bond motifs is 1. The average molecular weight is 546 g/mol. The molecule has 0 fully saturated rings. The molecule has 2 N–H and O–H groups in total. The van der Waals surface area contributed by atoms with Crippen molar-refractivity contribution in [3.63, 3.8) is 0 Å². The van der Waals surface area contributed by atoms with Crippen LogP contribution in [0.25, 0.3) is 0 Å². The van der Waals surface area contributed by atoms with Gasteiger partial charge in [0.1, 0.15) is 41.4 Å². The normalized spacial score (nSPS) is 16.4. The molecule has 204 valence electrons. The lowest BCUT2D eigenvalue weighted by Crippen LogP contribution is -2.52. The number of benzene rings is 3. The third-order valence-electron chi connectivity index (χ3n) is 6.68. The van der Waals surface area contributed by atoms with Crippen LogP contribution >= 0.6 is 0 Å². The van der Waals surface area contributed by atoms with Crippen LogP contribution in [-0.4, -0.2) is 30.5 Å². The first-order chi connectivity index (χ1) is 18.4. The third kappa shape index (κ3) is 5.43. The molecule has 6 nitrogen and oxygen atoms in total. The maximum Gasteiger partial charge on any atom is 0.322 e. The number of hydrogen-bond acceptors (Lipinski definition) is 3. The van der Waals surface area contributed by atoms with E-state index in [1.54, 1.807) is 6.92 Å². The quantitative estimate of drug-likeness (QED) is 0.277. The third-order valence-corrected chi connectivity index (χ3v) is 6.68. The summed E-state index contributed by atoms with van der Waals surface area (Å²) in [6.45, 7) is 4.63. The van der Waals surface area contributed by atoms with Gasteiger partial charge in [-0.1, -0.05) is 18.7 Å². The highest BCUT2D eigenvalue weighted by Crippen LogP contribution is 2.41. The van der Waals surface area contributed by atoms with Crippen molar-refractivity contribution in [2.24, 2.45) is 0 Å². The van der Waals surface area contributed by atoms with Crippen LogP contribution < -0.4 is 15.4 Å². The summed E-state index contributed by atoms with van der Waals surface area (Å²) in [6.07, 6.45) is 1.20. The molecule has 0 saturated heterocycles. The first-order valence-electron chi connectivity index (χ1n) is 11.8. The number of carbonyl (C=O) groups is 2. The van der Waals surface area contributed by atoms with Crippen LogP contribution in [0.1, 0.15) is 34.0 Å². The minimum absolute atomic E-state index is 0.00926. The van der Waals surface area contributed by atoms with Crippen molar-refractivity contribution >= 4 is 17.6 Å². The van der Waals surface area contributed by atoms with Gasteiger partial charge >= 0.3 is 6.03 Å². The first-order valence-corrected chi connectivity index (χ1v) is 11.8. The van der Waals surface area contributed by atoms with E-state index in [-0.39, 0.29) is 35.6 Å². The molecule has 1 unspecified atom stereocenters. The van der Waals surface area contributed by atoms with Crippen molar-refractivity contribution in [2.75, 3.05) is 19.0 Å². The SMILES string of the molecule is C=CCOc1cc(F)c(CC2(C)c3ccc(C(=O)NCc4c(F)cc(F)cc4F)cc3NC(=O)N2C)c(F)c1. The van der Waals surface area contributed by atoms with Crippen molar-refractivity contribution in [1.29, 1.82) is 0 Å². The lowest BCUT2D eigenvalue weighted by molar-refractivity contribution is 0.0949. The molecule has 0 saturated carbocycles. The van der Waals surface area contributed by atoms with Crippen molar-refractivity contribution in [3.05, 3.63) is 106 Å². The summed E-state index contributed by atoms with van der Waals surface area (Å²) in [6, 6.07) is 6.82. The molecular formula is C28H24F5N3O3. The molecule has 1 aliphatic rings. The fraction of sp³-hybridized carbons (Fsp3) is 0.214. The maximum absolute atomic E-state index is 14.9. The molecule has 4 rings (SSSR count). The topological polar surface area (TPSA) is 70.7 Å². The van der Waals surface area contributed by atoms with E-state index in [0.717, 1.165) is 12.1 Å². The Hall–Kier alpha value is -4.41. The van der Waals surface area contributed by atoms with Crippen LogP contribution in [-0.2, 0) is 18.5 Å². The lowest BCUT2D eigenvalue weighted by Gasteiger charge is -2.44. The van der Waals surface area contributed by atoms with E-state index in [2.05, 4.69) is 17.2 Å². The predicted molar refractivity (Wildman–Crippen MR) is 134 cm³/mol. The fourth-order valence-electron chi connectivity index (χ4n) is 4.42. The molecule has 0 bridgehead atoms. The zero-order valence-corrected chi connectivity index (χ0v) is 21.0. The first kappa shape index (κ1) is 27.6. The van der Waals surface area contributed by atoms with Gasteiger partial charge < -0.3 is 20.3 Å². The summed E-state index contributed by atoms with van der Waals surface area (Å²) < 4.78 is 76.1. The molecule has 3 aromatic carbocycles. The van der Waals surface area contributed by atoms with Crippen molar-refractivity contribution in [2.45, 2.75) is 25.4 Å². The molecule has 11 heteroatoms. The molecule has 1 aliphatic heterocycles. The van der Waals surface area contributed by atoms with Crippen LogP contribution in [0, 0.1) is 29.1 Å². The molecule has 1 heterocycles. The smallest absolute Gasteiger partial charge is 0.322 e. The van der Waals surface area contributed by atoms with Crippen molar-refractivity contribution < 1.29 is 36.3 Å². The van der Waals surface area contributed by atoms with Crippen LogP contribution in [0.4, 0.5) is 32.4 Å². The minimum Gasteiger partial charge on any atom is -0.489 e. The number of ether oxygens (including phenoxy) is 1. The Bertz CT molecular complexity index is 1430. The largest absolute Gasteiger partial charge is 0.489 e. The predicted octanol–water partition coefficient (Wildman–Crippen LogP) is 5.81. The highest BCUT2D eigenvalue weighted by Gasteiger charge is 2.42. The summed E-state index contributed by atoms with van der Waals surface area (Å²) in [7, 11) is 1.47. The van der Waals surface area contributed by atoms with E-state index in [4.69, 9.17) is 4.74 Å². The zero-order valence-electron chi connectivity index (χ0n) is 21.0. The molecule has 0 aromatic heterocycles. The van der Waals surface area contributed by atoms with Gasteiger partial charge in [0.15, 0.2) is 0 Å². The minimum atomic E-state index is -1.22. The summed E-state index contributed by atoms with van der Waals surface area (Å²) in [5.74, 6) is -5.82. The van der Waals surface area contributed by atoms with Gasteiger partial charge in [0, 0.05) is 72.2 Å². The van der Waals surface area contributed by atoms with Gasteiger partial charge in [-0.2, -0.15) is 0 Å². The van der Waals surface area contributed by atoms with Crippen LogP contribution in [0.2, 0.25) is 0 Å². The highest BCUT2D eigenvalue weighted by atomic mass is 19.2. The van der Waals surface area contributed by atoms with Crippen molar-refractivity contribution in [3.8, 4) is 5.75 Å². The standard InChI is InChI=1S/C28H24F5N3O3/c1-4-7-39-17-11-23(32)18(24(33)12-17)13-28(2)20-6-5-15(8-25(20)35-27(38)36(28)3)26(37)34-14-19-21(30)9-16(29)10-22(19)31/h4-6,8-12H,1,7,13-14H2,2-3H3,(H,34,37)(H,35,38). The Kier molecular flexibility index (Phi) is 7.62. The lowest BCUT2D eigenvalue weighted by atomic mass is 9.81. The van der Waals surface area contributed by atoms with E-state index >= 15 is 0 Å². The van der Waals surface area contributed by atoms with Crippen LogP contribution in [0.3, 0.4) is 0 Å². The van der Waals surface area contributed by atoms with Gasteiger partial charge in [0.05, 0.1) is 5.54 Å². The van der Waals surface area contributed by atoms with E-state index in [1.165, 1.54) is 36.2 Å². The number of anilines is 1. The van der Waals surface area contributed by atoms with E-state index in [0.29, 0.717) is 17.7 Å². The van der Waals surface area contributed by atoms with Gasteiger partial charge in [0.25, 0.3) is 5.91 Å². The van der Waals surface area contributed by atoms with Crippen molar-refractivity contribution in [1.82, 2.24) is 10.2 Å². The number of likely N-dealkylation sites (N-methyl/N-ethyl adjacent to an activating group) is 1. The Morgan fingerprint density at radius 1 is 1.03 bits per heavy atom. The molecule has 0 radical (unpaired) electrons. The van der Waals surface area contributed by atoms with Gasteiger partial charge in [-0.05, 0) is 19.1 Å². The Labute approximate surface area is 221 Å². The summed E-state index contributed by atoms with van der Waals surface area (Å²) in [4.78, 5) is 26.8. The van der Waals surface area contributed by atoms with Gasteiger partial charge in [-0.25, -0.2) is 26.7 Å². The van der Waals surface area contributed by atoms with Gasteiger partial charge in [-0.15, -0.1) is 0 Å². The fourth-order valence-corrected chi connectivity index (χ4v) is 4.42. The van der Waals surface area contributed by atoms with Crippen LogP contribution in [0.5, 0.6) is 5.75 Å². The molecule has 0 aliphatic carbocycles.